The highest BCUT2D eigenvalue weighted by Gasteiger charge is 2.28. The summed E-state index contributed by atoms with van der Waals surface area (Å²) < 4.78 is 16.1. The van der Waals surface area contributed by atoms with Crippen LogP contribution in [0.4, 0.5) is 0 Å². The van der Waals surface area contributed by atoms with Gasteiger partial charge in [0.1, 0.15) is 6.61 Å². The quantitative estimate of drug-likeness (QED) is 0.793. The van der Waals surface area contributed by atoms with Crippen LogP contribution in [0, 0.1) is 0 Å². The van der Waals surface area contributed by atoms with Crippen LogP contribution in [0.2, 0.25) is 0 Å². The van der Waals surface area contributed by atoms with Crippen molar-refractivity contribution in [1.82, 2.24) is 0 Å². The second-order valence-electron chi connectivity index (χ2n) is 4.20. The van der Waals surface area contributed by atoms with Gasteiger partial charge in [-0.25, -0.2) is 4.79 Å². The summed E-state index contributed by atoms with van der Waals surface area (Å²) >= 11 is 0. The lowest BCUT2D eigenvalue weighted by molar-refractivity contribution is -0.153. The molecular formula is C16H24O4. The number of carbonyl (C=O) groups excluding carboxylic acids is 1. The maximum atomic E-state index is 11.6. The smallest absolute Gasteiger partial charge is 0.350 e. The molecule has 0 spiro atoms. The van der Waals surface area contributed by atoms with Crippen LogP contribution in [0.5, 0.6) is 11.5 Å². The lowest BCUT2D eigenvalue weighted by atomic mass is 10.1. The number of ether oxygens (including phenoxy) is 3. The van der Waals surface area contributed by atoms with Gasteiger partial charge >= 0.3 is 5.97 Å². The van der Waals surface area contributed by atoms with Gasteiger partial charge in [0.2, 0.25) is 6.10 Å². The topological polar surface area (TPSA) is 44.8 Å². The van der Waals surface area contributed by atoms with Crippen LogP contribution in [0.15, 0.2) is 18.2 Å². The van der Waals surface area contributed by atoms with E-state index in [9.17, 15) is 4.79 Å². The Balaban J connectivity index is 0.000000956. The minimum atomic E-state index is -0.658. The molecule has 1 aliphatic heterocycles. The molecule has 4 heteroatoms. The molecule has 1 unspecified atom stereocenters. The summed E-state index contributed by atoms with van der Waals surface area (Å²) in [6.07, 6.45) is 1.44. The van der Waals surface area contributed by atoms with Crippen LogP contribution in [0.1, 0.15) is 39.7 Å². The van der Waals surface area contributed by atoms with Crippen LogP contribution in [0.3, 0.4) is 0 Å². The molecule has 0 saturated heterocycles. The zero-order valence-corrected chi connectivity index (χ0v) is 12.8. The van der Waals surface area contributed by atoms with Crippen molar-refractivity contribution in [3.8, 4) is 11.5 Å². The van der Waals surface area contributed by atoms with Crippen LogP contribution in [0.25, 0.3) is 0 Å². The molecule has 0 N–H and O–H groups in total. The summed E-state index contributed by atoms with van der Waals surface area (Å²) in [5.41, 5.74) is 1.22. The highest BCUT2D eigenvalue weighted by molar-refractivity contribution is 5.76. The van der Waals surface area contributed by atoms with Crippen LogP contribution in [-0.4, -0.2) is 25.3 Å². The lowest BCUT2D eigenvalue weighted by Crippen LogP contribution is -2.37. The Morgan fingerprint density at radius 3 is 2.70 bits per heavy atom. The van der Waals surface area contributed by atoms with E-state index in [0.717, 1.165) is 12.8 Å². The molecule has 20 heavy (non-hydrogen) atoms. The Morgan fingerprint density at radius 1 is 1.30 bits per heavy atom. The summed E-state index contributed by atoms with van der Waals surface area (Å²) in [4.78, 5) is 11.6. The summed E-state index contributed by atoms with van der Waals surface area (Å²) in [5, 5.41) is 0. The standard InChI is InChI=1S/C14H18O4.C2H6/c1-3-5-10-6-7-11-12(8-10)17-9-13(18-11)14(15)16-4-2;1-2/h6-8,13H,3-5,9H2,1-2H3;1-2H3. The third kappa shape index (κ3) is 4.15. The van der Waals surface area contributed by atoms with Crippen molar-refractivity contribution in [2.75, 3.05) is 13.2 Å². The van der Waals surface area contributed by atoms with E-state index in [-0.39, 0.29) is 12.6 Å². The van der Waals surface area contributed by atoms with E-state index in [4.69, 9.17) is 14.2 Å². The Kier molecular flexibility index (Phi) is 6.91. The van der Waals surface area contributed by atoms with Gasteiger partial charge in [-0.2, -0.15) is 0 Å². The SMILES string of the molecule is CC.CCCc1ccc2c(c1)OCC(C(=O)OCC)O2. The van der Waals surface area contributed by atoms with E-state index in [1.165, 1.54) is 5.56 Å². The van der Waals surface area contributed by atoms with E-state index in [0.29, 0.717) is 18.1 Å². The highest BCUT2D eigenvalue weighted by atomic mass is 16.6. The highest BCUT2D eigenvalue weighted by Crippen LogP contribution is 2.33. The van der Waals surface area contributed by atoms with E-state index < -0.39 is 6.10 Å². The van der Waals surface area contributed by atoms with Crippen molar-refractivity contribution in [2.24, 2.45) is 0 Å². The van der Waals surface area contributed by atoms with E-state index >= 15 is 0 Å². The van der Waals surface area contributed by atoms with E-state index in [1.807, 2.05) is 32.0 Å². The minimum absolute atomic E-state index is 0.210. The first kappa shape index (κ1) is 16.3. The van der Waals surface area contributed by atoms with Gasteiger partial charge in [0, 0.05) is 0 Å². The van der Waals surface area contributed by atoms with Gasteiger partial charge in [0.15, 0.2) is 11.5 Å². The number of fused-ring (bicyclic) bond motifs is 1. The molecule has 2 rings (SSSR count). The maximum Gasteiger partial charge on any atom is 0.350 e. The van der Waals surface area contributed by atoms with Gasteiger partial charge in [-0.15, -0.1) is 0 Å². The Labute approximate surface area is 121 Å². The lowest BCUT2D eigenvalue weighted by Gasteiger charge is -2.25. The molecule has 0 bridgehead atoms. The van der Waals surface area contributed by atoms with Crippen molar-refractivity contribution in [2.45, 2.75) is 46.6 Å². The van der Waals surface area contributed by atoms with Gasteiger partial charge in [0.05, 0.1) is 6.61 Å². The van der Waals surface area contributed by atoms with Gasteiger partial charge in [0.25, 0.3) is 0 Å². The normalized spacial score (nSPS) is 15.9. The molecule has 0 saturated carbocycles. The van der Waals surface area contributed by atoms with E-state index in [1.54, 1.807) is 6.92 Å². The average Bonchev–Trinajstić information content (AvgIpc) is 2.49. The fraction of sp³-hybridized carbons (Fsp3) is 0.562. The number of rotatable bonds is 4. The summed E-state index contributed by atoms with van der Waals surface area (Å²) in [6.45, 7) is 8.46. The third-order valence-electron chi connectivity index (χ3n) is 2.76. The van der Waals surface area contributed by atoms with Crippen LogP contribution < -0.4 is 9.47 Å². The molecule has 4 nitrogen and oxygen atoms in total. The first-order valence-corrected chi connectivity index (χ1v) is 7.33. The Hall–Kier alpha value is -1.71. The number of carbonyl (C=O) groups is 1. The van der Waals surface area contributed by atoms with Crippen molar-refractivity contribution < 1.29 is 19.0 Å². The fourth-order valence-corrected chi connectivity index (χ4v) is 1.91. The van der Waals surface area contributed by atoms with Crippen LogP contribution >= 0.6 is 0 Å². The van der Waals surface area contributed by atoms with E-state index in [2.05, 4.69) is 6.92 Å². The fourth-order valence-electron chi connectivity index (χ4n) is 1.91. The molecule has 1 atom stereocenters. The number of esters is 1. The molecule has 0 radical (unpaired) electrons. The summed E-state index contributed by atoms with van der Waals surface area (Å²) in [5.74, 6) is 0.946. The van der Waals surface area contributed by atoms with Crippen molar-refractivity contribution >= 4 is 5.97 Å². The second kappa shape index (κ2) is 8.46. The molecule has 0 aromatic heterocycles. The van der Waals surface area contributed by atoms with Gasteiger partial charge in [-0.05, 0) is 31.0 Å². The molecule has 0 fully saturated rings. The number of benzene rings is 1. The molecule has 1 aromatic rings. The van der Waals surface area contributed by atoms with Crippen molar-refractivity contribution in [3.63, 3.8) is 0 Å². The Morgan fingerprint density at radius 2 is 2.05 bits per heavy atom. The molecule has 1 heterocycles. The molecule has 0 amide bonds. The molecule has 1 aromatic carbocycles. The maximum absolute atomic E-state index is 11.6. The molecule has 0 aliphatic carbocycles. The van der Waals surface area contributed by atoms with Gasteiger partial charge in [-0.1, -0.05) is 33.3 Å². The molecular weight excluding hydrogens is 256 g/mol. The van der Waals surface area contributed by atoms with Crippen LogP contribution in [-0.2, 0) is 16.0 Å². The first-order valence-electron chi connectivity index (χ1n) is 7.33. The minimum Gasteiger partial charge on any atom is -0.485 e. The first-order chi connectivity index (χ1) is 9.74. The zero-order valence-electron chi connectivity index (χ0n) is 12.8. The average molecular weight is 280 g/mol. The second-order valence-corrected chi connectivity index (χ2v) is 4.20. The third-order valence-corrected chi connectivity index (χ3v) is 2.76. The van der Waals surface area contributed by atoms with Gasteiger partial charge in [-0.3, -0.25) is 0 Å². The predicted molar refractivity (Wildman–Crippen MR) is 78.3 cm³/mol. The number of hydrogen-bond donors (Lipinski definition) is 0. The molecule has 1 aliphatic rings. The largest absolute Gasteiger partial charge is 0.485 e. The molecule has 112 valence electrons. The number of aryl methyl sites for hydroxylation is 1. The summed E-state index contributed by atoms with van der Waals surface area (Å²) in [7, 11) is 0. The monoisotopic (exact) mass is 280 g/mol. The predicted octanol–water partition coefficient (Wildman–Crippen LogP) is 3.37. The van der Waals surface area contributed by atoms with Gasteiger partial charge < -0.3 is 14.2 Å². The zero-order chi connectivity index (χ0) is 15.0. The Bertz CT molecular complexity index is 428. The van der Waals surface area contributed by atoms with Crippen molar-refractivity contribution in [1.29, 1.82) is 0 Å². The number of hydrogen-bond acceptors (Lipinski definition) is 4. The summed E-state index contributed by atoms with van der Waals surface area (Å²) in [6, 6.07) is 5.82. The van der Waals surface area contributed by atoms with Crippen molar-refractivity contribution in [3.05, 3.63) is 23.8 Å².